The van der Waals surface area contributed by atoms with Crippen LogP contribution in [-0.2, 0) is 15.0 Å². The monoisotopic (exact) mass is 578 g/mol. The van der Waals surface area contributed by atoms with E-state index in [1.165, 1.54) is 20.9 Å². The molecule has 12 nitrogen and oxygen atoms in total. The summed E-state index contributed by atoms with van der Waals surface area (Å²) < 4.78 is 35.8. The number of carbonyl (C=O) groups excluding carboxylic acids is 1. The Kier molecular flexibility index (Phi) is 7.74. The van der Waals surface area contributed by atoms with Crippen molar-refractivity contribution in [2.75, 3.05) is 65.5 Å². The van der Waals surface area contributed by atoms with E-state index in [2.05, 4.69) is 32.1 Å². The van der Waals surface area contributed by atoms with Crippen LogP contribution < -0.4 is 28.9 Å². The Morgan fingerprint density at radius 2 is 1.85 bits per heavy atom. The Bertz CT molecular complexity index is 1580. The van der Waals surface area contributed by atoms with Crippen molar-refractivity contribution in [3.05, 3.63) is 61.3 Å². The zero-order valence-corrected chi connectivity index (χ0v) is 24.4. The van der Waals surface area contributed by atoms with Crippen LogP contribution in [0, 0.1) is 0 Å². The molecule has 1 aliphatic carbocycles. The van der Waals surface area contributed by atoms with E-state index in [-0.39, 0.29) is 23.7 Å². The maximum atomic E-state index is 13.7. The fraction of sp³-hybridized carbons (Fsp3) is 0.321. The predicted molar refractivity (Wildman–Crippen MR) is 162 cm³/mol. The van der Waals surface area contributed by atoms with Crippen molar-refractivity contribution in [2.24, 2.45) is 0 Å². The molecule has 1 aromatic heterocycles. The number of nitrogens with zero attached hydrogens (tertiary/aromatic N) is 6. The van der Waals surface area contributed by atoms with Gasteiger partial charge in [-0.3, -0.25) is 4.79 Å². The van der Waals surface area contributed by atoms with Crippen LogP contribution in [0.2, 0.25) is 0 Å². The second-order valence-electron chi connectivity index (χ2n) is 10.1. The summed E-state index contributed by atoms with van der Waals surface area (Å²) in [6, 6.07) is 12.3. The van der Waals surface area contributed by atoms with Gasteiger partial charge in [-0.1, -0.05) is 18.7 Å². The Hall–Kier alpha value is -4.36. The zero-order valence-electron chi connectivity index (χ0n) is 23.5. The smallest absolute Gasteiger partial charge is 0.332 e. The number of hydrogen-bond acceptors (Lipinski definition) is 9. The maximum absolute atomic E-state index is 13.7. The van der Waals surface area contributed by atoms with E-state index in [9.17, 15) is 13.2 Å². The van der Waals surface area contributed by atoms with E-state index in [1.807, 2.05) is 44.2 Å². The highest BCUT2D eigenvalue weighted by Gasteiger charge is 2.48. The lowest BCUT2D eigenvalue weighted by atomic mass is 10.2. The SMILES string of the molecule is C=CC(=O)Nc1cc(Nc2nccc(N3c4ccccc4N(C4CC4)S3(=O)=O)n2)c(OC)cc1N(C)CCN(C)C. The molecule has 41 heavy (non-hydrogen) atoms. The van der Waals surface area contributed by atoms with Crippen molar-refractivity contribution in [3.8, 4) is 5.75 Å². The molecule has 2 heterocycles. The topological polar surface area (TPSA) is 123 Å². The Balaban J connectivity index is 1.50. The molecule has 1 amide bonds. The number of hydrogen-bond donors (Lipinski definition) is 2. The molecule has 1 aliphatic heterocycles. The van der Waals surface area contributed by atoms with Crippen molar-refractivity contribution in [1.29, 1.82) is 0 Å². The highest BCUT2D eigenvalue weighted by molar-refractivity contribution is 7.95. The summed E-state index contributed by atoms with van der Waals surface area (Å²) in [6.07, 6.45) is 4.34. The standard InChI is InChI=1S/C28H34N8O4S/c1-6-27(37)30-20-17-21(25(40-5)18-24(20)34(4)16-15-33(2)3)31-28-29-14-13-26(32-28)36-23-10-8-7-9-22(23)35(19-11-12-19)41(36,38)39/h6-10,13-14,17-19H,1,11-12,15-16H2,2-5H3,(H,30,37)(H,29,31,32). The van der Waals surface area contributed by atoms with Gasteiger partial charge in [0.25, 0.3) is 0 Å². The second kappa shape index (κ2) is 11.3. The number of benzene rings is 2. The molecule has 1 fully saturated rings. The molecule has 0 spiro atoms. The van der Waals surface area contributed by atoms with E-state index >= 15 is 0 Å². The lowest BCUT2D eigenvalue weighted by Crippen LogP contribution is -2.37. The molecule has 2 N–H and O–H groups in total. The molecule has 0 bridgehead atoms. The summed E-state index contributed by atoms with van der Waals surface area (Å²) in [7, 11) is 3.59. The number of nitrogens with one attached hydrogen (secondary N) is 2. The number of ether oxygens (including phenoxy) is 1. The molecule has 3 aromatic rings. The van der Waals surface area contributed by atoms with Crippen LogP contribution in [-0.4, -0.2) is 76.6 Å². The van der Waals surface area contributed by atoms with Crippen molar-refractivity contribution < 1.29 is 17.9 Å². The second-order valence-corrected chi connectivity index (χ2v) is 11.8. The first-order valence-corrected chi connectivity index (χ1v) is 14.6. The number of rotatable bonds is 11. The van der Waals surface area contributed by atoms with Gasteiger partial charge < -0.3 is 25.2 Å². The number of likely N-dealkylation sites (N-methyl/N-ethyl adjacent to an activating group) is 2. The van der Waals surface area contributed by atoms with Crippen LogP contribution in [0.3, 0.4) is 0 Å². The van der Waals surface area contributed by atoms with E-state index < -0.39 is 10.2 Å². The lowest BCUT2D eigenvalue weighted by Gasteiger charge is -2.26. The molecule has 2 aliphatic rings. The molecule has 5 rings (SSSR count). The Morgan fingerprint density at radius 3 is 2.51 bits per heavy atom. The Labute approximate surface area is 240 Å². The van der Waals surface area contributed by atoms with Crippen molar-refractivity contribution >= 4 is 56.3 Å². The van der Waals surface area contributed by atoms with Gasteiger partial charge in [0.1, 0.15) is 5.75 Å². The van der Waals surface area contributed by atoms with Gasteiger partial charge in [0.15, 0.2) is 5.82 Å². The zero-order chi connectivity index (χ0) is 29.3. The minimum absolute atomic E-state index is 0.0478. The van der Waals surface area contributed by atoms with Crippen LogP contribution in [0.25, 0.3) is 0 Å². The minimum Gasteiger partial charge on any atom is -0.494 e. The van der Waals surface area contributed by atoms with Crippen molar-refractivity contribution in [1.82, 2.24) is 14.9 Å². The number of anilines is 7. The van der Waals surface area contributed by atoms with Gasteiger partial charge in [-0.15, -0.1) is 0 Å². The summed E-state index contributed by atoms with van der Waals surface area (Å²) in [5, 5.41) is 6.01. The molecule has 1 saturated carbocycles. The number of methoxy groups -OCH3 is 1. The van der Waals surface area contributed by atoms with Crippen molar-refractivity contribution in [3.63, 3.8) is 0 Å². The summed E-state index contributed by atoms with van der Waals surface area (Å²) in [5.74, 6) is 0.492. The van der Waals surface area contributed by atoms with Gasteiger partial charge in [-0.25, -0.2) is 13.6 Å². The van der Waals surface area contributed by atoms with E-state index in [0.29, 0.717) is 35.0 Å². The van der Waals surface area contributed by atoms with Gasteiger partial charge >= 0.3 is 10.2 Å². The first-order chi connectivity index (χ1) is 19.6. The number of carbonyl (C=O) groups is 1. The first kappa shape index (κ1) is 28.2. The van der Waals surface area contributed by atoms with Crippen LogP contribution in [0.1, 0.15) is 12.8 Å². The van der Waals surface area contributed by atoms with Crippen LogP contribution in [0.15, 0.2) is 61.3 Å². The van der Waals surface area contributed by atoms with Gasteiger partial charge in [0.05, 0.1) is 35.5 Å². The lowest BCUT2D eigenvalue weighted by molar-refractivity contribution is -0.111. The molecular formula is C28H34N8O4S. The summed E-state index contributed by atoms with van der Waals surface area (Å²) >= 11 is 0. The quantitative estimate of drug-likeness (QED) is 0.328. The fourth-order valence-corrected chi connectivity index (χ4v) is 6.55. The first-order valence-electron chi connectivity index (χ1n) is 13.2. The summed E-state index contributed by atoms with van der Waals surface area (Å²) in [4.78, 5) is 25.3. The number of fused-ring (bicyclic) bond motifs is 1. The fourth-order valence-electron chi connectivity index (χ4n) is 4.64. The minimum atomic E-state index is -3.87. The van der Waals surface area contributed by atoms with Crippen LogP contribution in [0.5, 0.6) is 5.75 Å². The van der Waals surface area contributed by atoms with Crippen LogP contribution in [0.4, 0.5) is 40.2 Å². The van der Waals surface area contributed by atoms with E-state index in [0.717, 1.165) is 25.1 Å². The molecule has 0 atom stereocenters. The largest absolute Gasteiger partial charge is 0.494 e. The number of para-hydroxylation sites is 2. The third-order valence-electron chi connectivity index (χ3n) is 6.85. The molecule has 0 radical (unpaired) electrons. The Morgan fingerprint density at radius 1 is 1.12 bits per heavy atom. The van der Waals surface area contributed by atoms with Gasteiger partial charge in [0, 0.05) is 44.5 Å². The predicted octanol–water partition coefficient (Wildman–Crippen LogP) is 3.72. The van der Waals surface area contributed by atoms with Crippen molar-refractivity contribution in [2.45, 2.75) is 18.9 Å². The molecule has 2 aromatic carbocycles. The molecule has 0 saturated heterocycles. The van der Waals surface area contributed by atoms with E-state index in [4.69, 9.17) is 4.74 Å². The van der Waals surface area contributed by atoms with Gasteiger partial charge in [-0.05, 0) is 51.2 Å². The highest BCUT2D eigenvalue weighted by Crippen LogP contribution is 2.49. The average Bonchev–Trinajstić information content (AvgIpc) is 3.74. The van der Waals surface area contributed by atoms with Gasteiger partial charge in [-0.2, -0.15) is 13.4 Å². The number of aromatic nitrogens is 2. The van der Waals surface area contributed by atoms with Gasteiger partial charge in [0.2, 0.25) is 11.9 Å². The summed E-state index contributed by atoms with van der Waals surface area (Å²) in [5.41, 5.74) is 2.95. The van der Waals surface area contributed by atoms with E-state index in [1.54, 1.807) is 31.4 Å². The molecule has 216 valence electrons. The molecular weight excluding hydrogens is 544 g/mol. The highest BCUT2D eigenvalue weighted by atomic mass is 32.2. The molecule has 13 heteroatoms. The maximum Gasteiger partial charge on any atom is 0.332 e. The third-order valence-corrected chi connectivity index (χ3v) is 8.68. The molecule has 0 unspecified atom stereocenters. The van der Waals surface area contributed by atoms with Crippen LogP contribution >= 0.6 is 0 Å². The summed E-state index contributed by atoms with van der Waals surface area (Å²) in [6.45, 7) is 5.06. The number of amides is 1. The normalized spacial score (nSPS) is 15.4. The average molecular weight is 579 g/mol. The third kappa shape index (κ3) is 5.63.